The zero-order valence-corrected chi connectivity index (χ0v) is 8.95. The third kappa shape index (κ3) is 2.29. The number of rotatable bonds is 3. The summed E-state index contributed by atoms with van der Waals surface area (Å²) in [6, 6.07) is 7.81. The van der Waals surface area contributed by atoms with E-state index in [9.17, 15) is 0 Å². The van der Waals surface area contributed by atoms with Gasteiger partial charge in [0.05, 0.1) is 19.6 Å². The van der Waals surface area contributed by atoms with Gasteiger partial charge in [0.1, 0.15) is 5.75 Å². The van der Waals surface area contributed by atoms with Crippen molar-refractivity contribution in [3.8, 4) is 11.8 Å². The van der Waals surface area contributed by atoms with E-state index in [1.807, 2.05) is 25.1 Å². The molecule has 0 amide bonds. The SMILES string of the molecule is COc1cccc(/C(=C\N)CC#N)c1C. The molecule has 0 spiro atoms. The number of nitrogens with zero attached hydrogens (tertiary/aromatic N) is 1. The lowest BCUT2D eigenvalue weighted by Crippen LogP contribution is -1.95. The summed E-state index contributed by atoms with van der Waals surface area (Å²) >= 11 is 0. The van der Waals surface area contributed by atoms with Crippen LogP contribution >= 0.6 is 0 Å². The Labute approximate surface area is 89.8 Å². The van der Waals surface area contributed by atoms with Gasteiger partial charge in [0.2, 0.25) is 0 Å². The smallest absolute Gasteiger partial charge is 0.122 e. The van der Waals surface area contributed by atoms with E-state index in [4.69, 9.17) is 15.7 Å². The predicted molar refractivity (Wildman–Crippen MR) is 60.1 cm³/mol. The number of nitrogens with two attached hydrogens (primary N) is 1. The van der Waals surface area contributed by atoms with E-state index >= 15 is 0 Å². The number of ether oxygens (including phenoxy) is 1. The van der Waals surface area contributed by atoms with Gasteiger partial charge in [-0.25, -0.2) is 0 Å². The lowest BCUT2D eigenvalue weighted by atomic mass is 9.99. The molecule has 1 aromatic carbocycles. The number of hydrogen-bond acceptors (Lipinski definition) is 3. The number of allylic oxidation sites excluding steroid dienone is 1. The van der Waals surface area contributed by atoms with Crippen LogP contribution in [0.2, 0.25) is 0 Å². The molecule has 0 fully saturated rings. The molecule has 0 radical (unpaired) electrons. The molecule has 0 aromatic heterocycles. The van der Waals surface area contributed by atoms with Gasteiger partial charge >= 0.3 is 0 Å². The summed E-state index contributed by atoms with van der Waals surface area (Å²) in [6.07, 6.45) is 1.79. The van der Waals surface area contributed by atoms with Gasteiger partial charge in [0, 0.05) is 0 Å². The lowest BCUT2D eigenvalue weighted by molar-refractivity contribution is 0.411. The highest BCUT2D eigenvalue weighted by molar-refractivity contribution is 5.71. The Bertz CT molecular complexity index is 416. The Balaban J connectivity index is 3.20. The van der Waals surface area contributed by atoms with Crippen molar-refractivity contribution in [2.24, 2.45) is 5.73 Å². The van der Waals surface area contributed by atoms with E-state index in [1.54, 1.807) is 7.11 Å². The van der Waals surface area contributed by atoms with Crippen LogP contribution in [0.15, 0.2) is 24.4 Å². The fraction of sp³-hybridized carbons (Fsp3) is 0.250. The largest absolute Gasteiger partial charge is 0.496 e. The minimum absolute atomic E-state index is 0.310. The first-order valence-electron chi connectivity index (χ1n) is 4.66. The highest BCUT2D eigenvalue weighted by atomic mass is 16.5. The molecule has 0 aliphatic carbocycles. The average Bonchev–Trinajstić information content (AvgIpc) is 2.27. The van der Waals surface area contributed by atoms with Crippen molar-refractivity contribution < 1.29 is 4.74 Å². The lowest BCUT2D eigenvalue weighted by Gasteiger charge is -2.10. The molecule has 0 saturated carbocycles. The molecule has 3 nitrogen and oxygen atoms in total. The van der Waals surface area contributed by atoms with Crippen molar-refractivity contribution in [1.29, 1.82) is 5.26 Å². The van der Waals surface area contributed by atoms with Gasteiger partial charge in [-0.3, -0.25) is 0 Å². The Kier molecular flexibility index (Phi) is 3.75. The molecule has 1 aromatic rings. The first kappa shape index (κ1) is 11.1. The van der Waals surface area contributed by atoms with Crippen molar-refractivity contribution in [3.63, 3.8) is 0 Å². The second-order valence-electron chi connectivity index (χ2n) is 3.16. The molecule has 0 aliphatic rings. The van der Waals surface area contributed by atoms with Crippen LogP contribution in [0.25, 0.3) is 5.57 Å². The molecular formula is C12H14N2O. The van der Waals surface area contributed by atoms with Crippen LogP contribution < -0.4 is 10.5 Å². The number of nitriles is 1. The van der Waals surface area contributed by atoms with Crippen LogP contribution in [0.5, 0.6) is 5.75 Å². The predicted octanol–water partition coefficient (Wildman–Crippen LogP) is 2.22. The molecule has 0 aliphatic heterocycles. The van der Waals surface area contributed by atoms with Gasteiger partial charge in [0.25, 0.3) is 0 Å². The summed E-state index contributed by atoms with van der Waals surface area (Å²) in [5.41, 5.74) is 8.30. The average molecular weight is 202 g/mol. The maximum atomic E-state index is 8.67. The van der Waals surface area contributed by atoms with Gasteiger partial charge in [-0.05, 0) is 35.9 Å². The number of methoxy groups -OCH3 is 1. The van der Waals surface area contributed by atoms with Crippen molar-refractivity contribution in [1.82, 2.24) is 0 Å². The fourth-order valence-corrected chi connectivity index (χ4v) is 1.51. The van der Waals surface area contributed by atoms with Crippen molar-refractivity contribution >= 4 is 5.57 Å². The van der Waals surface area contributed by atoms with E-state index in [0.717, 1.165) is 22.4 Å². The third-order valence-corrected chi connectivity index (χ3v) is 2.32. The molecule has 15 heavy (non-hydrogen) atoms. The van der Waals surface area contributed by atoms with Crippen LogP contribution in [0.1, 0.15) is 17.5 Å². The summed E-state index contributed by atoms with van der Waals surface area (Å²) in [6.45, 7) is 1.95. The quantitative estimate of drug-likeness (QED) is 0.817. The van der Waals surface area contributed by atoms with Gasteiger partial charge < -0.3 is 10.5 Å². The first-order chi connectivity index (χ1) is 7.24. The summed E-state index contributed by atoms with van der Waals surface area (Å²) in [7, 11) is 1.63. The molecule has 0 bridgehead atoms. The highest BCUT2D eigenvalue weighted by Gasteiger charge is 2.07. The van der Waals surface area contributed by atoms with Crippen LogP contribution in [-0.4, -0.2) is 7.11 Å². The normalized spacial score (nSPS) is 10.9. The van der Waals surface area contributed by atoms with Gasteiger partial charge in [-0.2, -0.15) is 5.26 Å². The Morgan fingerprint density at radius 3 is 2.87 bits per heavy atom. The second kappa shape index (κ2) is 5.06. The van der Waals surface area contributed by atoms with E-state index in [2.05, 4.69) is 6.07 Å². The monoisotopic (exact) mass is 202 g/mol. The van der Waals surface area contributed by atoms with Gasteiger partial charge in [0.15, 0.2) is 0 Å². The van der Waals surface area contributed by atoms with E-state index < -0.39 is 0 Å². The summed E-state index contributed by atoms with van der Waals surface area (Å²) in [4.78, 5) is 0. The summed E-state index contributed by atoms with van der Waals surface area (Å²) in [5, 5.41) is 8.67. The Morgan fingerprint density at radius 1 is 1.60 bits per heavy atom. The van der Waals surface area contributed by atoms with E-state index in [-0.39, 0.29) is 0 Å². The number of hydrogen-bond donors (Lipinski definition) is 1. The standard InChI is InChI=1S/C12H14N2O/c1-9-11(10(8-14)6-7-13)4-3-5-12(9)15-2/h3-5,8H,6,14H2,1-2H3/b10-8-. The minimum atomic E-state index is 0.310. The maximum absolute atomic E-state index is 8.67. The molecule has 0 atom stereocenters. The molecule has 0 heterocycles. The van der Waals surface area contributed by atoms with E-state index in [1.165, 1.54) is 6.20 Å². The molecule has 78 valence electrons. The summed E-state index contributed by atoms with van der Waals surface area (Å²) in [5.74, 6) is 0.810. The first-order valence-corrected chi connectivity index (χ1v) is 4.66. The zero-order chi connectivity index (χ0) is 11.3. The van der Waals surface area contributed by atoms with Crippen LogP contribution in [-0.2, 0) is 0 Å². The Morgan fingerprint density at radius 2 is 2.33 bits per heavy atom. The van der Waals surface area contributed by atoms with Crippen molar-refractivity contribution in [2.45, 2.75) is 13.3 Å². The van der Waals surface area contributed by atoms with Gasteiger partial charge in [-0.15, -0.1) is 0 Å². The van der Waals surface area contributed by atoms with Crippen LogP contribution in [0.4, 0.5) is 0 Å². The molecule has 2 N–H and O–H groups in total. The summed E-state index contributed by atoms with van der Waals surface area (Å²) < 4.78 is 5.21. The van der Waals surface area contributed by atoms with Crippen LogP contribution in [0.3, 0.4) is 0 Å². The number of benzene rings is 1. The topological polar surface area (TPSA) is 59.0 Å². The third-order valence-electron chi connectivity index (χ3n) is 2.32. The minimum Gasteiger partial charge on any atom is -0.496 e. The van der Waals surface area contributed by atoms with Crippen molar-refractivity contribution in [2.75, 3.05) is 7.11 Å². The highest BCUT2D eigenvalue weighted by Crippen LogP contribution is 2.27. The maximum Gasteiger partial charge on any atom is 0.122 e. The van der Waals surface area contributed by atoms with Gasteiger partial charge in [-0.1, -0.05) is 12.1 Å². The van der Waals surface area contributed by atoms with Crippen LogP contribution in [0, 0.1) is 18.3 Å². The molecule has 3 heteroatoms. The molecular weight excluding hydrogens is 188 g/mol. The Hall–Kier alpha value is -1.95. The molecule has 0 unspecified atom stereocenters. The second-order valence-corrected chi connectivity index (χ2v) is 3.16. The molecule has 0 saturated heterocycles. The molecule has 1 rings (SSSR count). The fourth-order valence-electron chi connectivity index (χ4n) is 1.51. The zero-order valence-electron chi connectivity index (χ0n) is 8.95. The van der Waals surface area contributed by atoms with Crippen molar-refractivity contribution in [3.05, 3.63) is 35.5 Å². The van der Waals surface area contributed by atoms with E-state index in [0.29, 0.717) is 6.42 Å².